The molecule has 28 heavy (non-hydrogen) atoms. The second-order valence-electron chi connectivity index (χ2n) is 6.49. The summed E-state index contributed by atoms with van der Waals surface area (Å²) in [5.74, 6) is 1.37. The minimum absolute atomic E-state index is 0.215. The molecule has 1 aliphatic heterocycles. The molecule has 1 aliphatic rings. The average molecular weight is 386 g/mol. The van der Waals surface area contributed by atoms with E-state index in [9.17, 15) is 4.39 Å². The van der Waals surface area contributed by atoms with Crippen LogP contribution in [0.2, 0.25) is 0 Å². The summed E-state index contributed by atoms with van der Waals surface area (Å²) in [4.78, 5) is 17.8. The molecule has 7 nitrogen and oxygen atoms in total. The van der Waals surface area contributed by atoms with E-state index in [4.69, 9.17) is 9.73 Å². The number of halogens is 1. The molecule has 1 fully saturated rings. The number of nitrogens with zero attached hydrogens (tertiary/aromatic N) is 5. The summed E-state index contributed by atoms with van der Waals surface area (Å²) in [6, 6.07) is 8.19. The largest absolute Gasteiger partial charge is 0.375 e. The number of guanidine groups is 1. The zero-order valence-electron chi connectivity index (χ0n) is 16.4. The van der Waals surface area contributed by atoms with E-state index in [-0.39, 0.29) is 11.9 Å². The zero-order valence-corrected chi connectivity index (χ0v) is 16.4. The predicted molar refractivity (Wildman–Crippen MR) is 108 cm³/mol. The Morgan fingerprint density at radius 2 is 1.86 bits per heavy atom. The molecule has 1 unspecified atom stereocenters. The molecule has 0 amide bonds. The van der Waals surface area contributed by atoms with Crippen LogP contribution in [-0.4, -0.2) is 67.2 Å². The predicted octanol–water partition coefficient (Wildman–Crippen LogP) is 2.09. The molecule has 0 aliphatic carbocycles. The van der Waals surface area contributed by atoms with Crippen molar-refractivity contribution >= 4 is 11.9 Å². The monoisotopic (exact) mass is 386 g/mol. The summed E-state index contributed by atoms with van der Waals surface area (Å²) in [5.41, 5.74) is 0.912. The number of aromatic nitrogens is 2. The minimum Gasteiger partial charge on any atom is -0.375 e. The highest BCUT2D eigenvalue weighted by Gasteiger charge is 2.21. The van der Waals surface area contributed by atoms with E-state index < -0.39 is 0 Å². The first-order valence-corrected chi connectivity index (χ1v) is 9.54. The fourth-order valence-corrected chi connectivity index (χ4v) is 3.16. The molecule has 0 spiro atoms. The van der Waals surface area contributed by atoms with Crippen molar-refractivity contribution in [2.45, 2.75) is 13.0 Å². The smallest absolute Gasteiger partial charge is 0.225 e. The van der Waals surface area contributed by atoms with Gasteiger partial charge in [-0.1, -0.05) is 12.1 Å². The number of ether oxygens (including phenoxy) is 1. The number of aliphatic imine (C=N–C) groups is 1. The number of benzene rings is 1. The lowest BCUT2D eigenvalue weighted by atomic mass is 10.1. The zero-order chi connectivity index (χ0) is 19.8. The molecule has 1 aromatic heterocycles. The van der Waals surface area contributed by atoms with Crippen LogP contribution in [0.25, 0.3) is 0 Å². The third kappa shape index (κ3) is 5.16. The van der Waals surface area contributed by atoms with E-state index in [2.05, 4.69) is 32.0 Å². The van der Waals surface area contributed by atoms with Crippen molar-refractivity contribution in [1.29, 1.82) is 0 Å². The Hall–Kier alpha value is -2.74. The number of rotatable bonds is 6. The molecule has 8 heteroatoms. The van der Waals surface area contributed by atoms with Gasteiger partial charge >= 0.3 is 0 Å². The van der Waals surface area contributed by atoms with Gasteiger partial charge in [-0.15, -0.1) is 0 Å². The molecule has 150 valence electrons. The Kier molecular flexibility index (Phi) is 7.13. The quantitative estimate of drug-likeness (QED) is 0.606. The fraction of sp³-hybridized carbons (Fsp3) is 0.450. The number of piperazine rings is 1. The third-order valence-corrected chi connectivity index (χ3v) is 4.68. The maximum atomic E-state index is 13.2. The van der Waals surface area contributed by atoms with Crippen LogP contribution < -0.4 is 10.2 Å². The molecule has 0 saturated carbocycles. The van der Waals surface area contributed by atoms with Crippen LogP contribution in [0, 0.1) is 5.82 Å². The van der Waals surface area contributed by atoms with Gasteiger partial charge in [-0.2, -0.15) is 0 Å². The van der Waals surface area contributed by atoms with E-state index >= 15 is 0 Å². The van der Waals surface area contributed by atoms with Crippen molar-refractivity contribution in [3.8, 4) is 0 Å². The molecule has 2 aromatic rings. The average Bonchev–Trinajstić information content (AvgIpc) is 2.75. The van der Waals surface area contributed by atoms with Crippen LogP contribution >= 0.6 is 0 Å². The van der Waals surface area contributed by atoms with E-state index in [0.29, 0.717) is 6.54 Å². The lowest BCUT2D eigenvalue weighted by molar-refractivity contribution is 0.110. The molecule has 1 N–H and O–H groups in total. The number of methoxy groups -OCH3 is 1. The van der Waals surface area contributed by atoms with Gasteiger partial charge in [-0.05, 0) is 30.7 Å². The van der Waals surface area contributed by atoms with Crippen molar-refractivity contribution in [2.24, 2.45) is 4.99 Å². The van der Waals surface area contributed by atoms with Gasteiger partial charge in [0.05, 0.1) is 6.54 Å². The standard InChI is InChI=1S/C20H27FN6O/c1-3-22-19(25-15-18(28-2)16-5-7-17(21)8-6-16)26-11-13-27(14-12-26)20-23-9-4-10-24-20/h4-10,18H,3,11-15H2,1-2H3,(H,22,25). The van der Waals surface area contributed by atoms with Gasteiger partial charge in [0, 0.05) is 52.2 Å². The van der Waals surface area contributed by atoms with Crippen LogP contribution in [0.3, 0.4) is 0 Å². The lowest BCUT2D eigenvalue weighted by Gasteiger charge is -2.36. The van der Waals surface area contributed by atoms with Gasteiger partial charge in [0.1, 0.15) is 11.9 Å². The van der Waals surface area contributed by atoms with Crippen LogP contribution in [0.5, 0.6) is 0 Å². The van der Waals surface area contributed by atoms with Gasteiger partial charge in [-0.25, -0.2) is 14.4 Å². The number of anilines is 1. The van der Waals surface area contributed by atoms with E-state index in [0.717, 1.165) is 50.2 Å². The van der Waals surface area contributed by atoms with Gasteiger partial charge in [0.25, 0.3) is 0 Å². The molecular weight excluding hydrogens is 359 g/mol. The molecule has 1 aromatic carbocycles. The molecule has 1 saturated heterocycles. The highest BCUT2D eigenvalue weighted by atomic mass is 19.1. The SMILES string of the molecule is CCNC(=NCC(OC)c1ccc(F)cc1)N1CCN(c2ncccn2)CC1. The van der Waals surface area contributed by atoms with Gasteiger partial charge in [-0.3, -0.25) is 4.99 Å². The number of hydrogen-bond acceptors (Lipinski definition) is 5. The van der Waals surface area contributed by atoms with E-state index in [1.54, 1.807) is 31.6 Å². The van der Waals surface area contributed by atoms with E-state index in [1.807, 2.05) is 6.07 Å². The summed E-state index contributed by atoms with van der Waals surface area (Å²) in [5, 5.41) is 3.36. The molecule has 0 bridgehead atoms. The summed E-state index contributed by atoms with van der Waals surface area (Å²) in [7, 11) is 1.65. The summed E-state index contributed by atoms with van der Waals surface area (Å²) < 4.78 is 18.7. The van der Waals surface area contributed by atoms with Crippen LogP contribution in [-0.2, 0) is 4.74 Å². The molecule has 2 heterocycles. The Morgan fingerprint density at radius 3 is 2.46 bits per heavy atom. The minimum atomic E-state index is -0.254. The Labute approximate surface area is 165 Å². The fourth-order valence-electron chi connectivity index (χ4n) is 3.16. The second-order valence-corrected chi connectivity index (χ2v) is 6.49. The highest BCUT2D eigenvalue weighted by molar-refractivity contribution is 5.80. The van der Waals surface area contributed by atoms with Gasteiger partial charge < -0.3 is 19.9 Å². The summed E-state index contributed by atoms with van der Waals surface area (Å²) >= 11 is 0. The molecular formula is C20H27FN6O. The molecule has 1 atom stereocenters. The summed E-state index contributed by atoms with van der Waals surface area (Å²) in [6.07, 6.45) is 3.31. The molecule has 0 radical (unpaired) electrons. The first-order valence-electron chi connectivity index (χ1n) is 9.54. The van der Waals surface area contributed by atoms with Crippen molar-refractivity contribution in [3.63, 3.8) is 0 Å². The lowest BCUT2D eigenvalue weighted by Crippen LogP contribution is -2.53. The second kappa shape index (κ2) is 9.98. The number of hydrogen-bond donors (Lipinski definition) is 1. The van der Waals surface area contributed by atoms with Gasteiger partial charge in [0.15, 0.2) is 5.96 Å². The van der Waals surface area contributed by atoms with Crippen molar-refractivity contribution in [2.75, 3.05) is 51.3 Å². The van der Waals surface area contributed by atoms with Crippen molar-refractivity contribution < 1.29 is 9.13 Å². The van der Waals surface area contributed by atoms with Crippen LogP contribution in [0.4, 0.5) is 10.3 Å². The number of nitrogens with one attached hydrogen (secondary N) is 1. The van der Waals surface area contributed by atoms with Gasteiger partial charge in [0.2, 0.25) is 5.95 Å². The topological polar surface area (TPSA) is 65.9 Å². The van der Waals surface area contributed by atoms with E-state index in [1.165, 1.54) is 12.1 Å². The normalized spacial score (nSPS) is 16.2. The van der Waals surface area contributed by atoms with Crippen molar-refractivity contribution in [1.82, 2.24) is 20.2 Å². The summed E-state index contributed by atoms with van der Waals surface area (Å²) in [6.45, 7) is 6.63. The third-order valence-electron chi connectivity index (χ3n) is 4.68. The molecule has 3 rings (SSSR count). The first kappa shape index (κ1) is 20.0. The maximum absolute atomic E-state index is 13.2. The Balaban J connectivity index is 1.63. The first-order chi connectivity index (χ1) is 13.7. The Bertz CT molecular complexity index is 747. The Morgan fingerprint density at radius 1 is 1.18 bits per heavy atom. The maximum Gasteiger partial charge on any atom is 0.225 e. The van der Waals surface area contributed by atoms with Crippen molar-refractivity contribution in [3.05, 3.63) is 54.1 Å². The van der Waals surface area contributed by atoms with Crippen LogP contribution in [0.15, 0.2) is 47.7 Å². The van der Waals surface area contributed by atoms with Crippen LogP contribution in [0.1, 0.15) is 18.6 Å². The highest BCUT2D eigenvalue weighted by Crippen LogP contribution is 2.18.